The number of nitrogens with one attached hydrogen (secondary N) is 1. The van der Waals surface area contributed by atoms with Gasteiger partial charge < -0.3 is 14.4 Å². The maximum Gasteiger partial charge on any atom is 0.274 e. The highest BCUT2D eigenvalue weighted by molar-refractivity contribution is 9.10. The summed E-state index contributed by atoms with van der Waals surface area (Å²) in [5.74, 6) is 0.926. The molecule has 0 aliphatic carbocycles. The van der Waals surface area contributed by atoms with Crippen LogP contribution in [-0.4, -0.2) is 21.2 Å². The standard InChI is InChI=1S/C23H21BrN4O3/c1-23(2,3)19(22-26-20(28-31-22)15-7-5-4-6-8-15)25-21(29)17-13-18(30-27-17)14-9-11-16(24)12-10-14/h4-13,19H,1-3H3,(H,25,29)/t19-/m0/s1. The Morgan fingerprint density at radius 3 is 2.35 bits per heavy atom. The zero-order valence-electron chi connectivity index (χ0n) is 17.3. The highest BCUT2D eigenvalue weighted by atomic mass is 79.9. The molecular weight excluding hydrogens is 460 g/mol. The summed E-state index contributed by atoms with van der Waals surface area (Å²) in [6, 6.07) is 18.2. The van der Waals surface area contributed by atoms with Gasteiger partial charge in [-0.15, -0.1) is 0 Å². The number of benzene rings is 2. The molecule has 2 aromatic heterocycles. The summed E-state index contributed by atoms with van der Waals surface area (Å²) in [7, 11) is 0. The van der Waals surface area contributed by atoms with Gasteiger partial charge in [-0.25, -0.2) is 0 Å². The van der Waals surface area contributed by atoms with Crippen molar-refractivity contribution in [2.75, 3.05) is 0 Å². The Kier molecular flexibility index (Phi) is 5.73. The predicted molar refractivity (Wildman–Crippen MR) is 119 cm³/mol. The van der Waals surface area contributed by atoms with Gasteiger partial charge in [0, 0.05) is 21.7 Å². The molecule has 2 aromatic carbocycles. The summed E-state index contributed by atoms with van der Waals surface area (Å²) < 4.78 is 11.8. The van der Waals surface area contributed by atoms with Gasteiger partial charge in [0.15, 0.2) is 11.5 Å². The van der Waals surface area contributed by atoms with Crippen molar-refractivity contribution in [3.05, 3.63) is 76.7 Å². The van der Waals surface area contributed by atoms with Crippen LogP contribution in [0.1, 0.15) is 43.2 Å². The number of halogens is 1. The minimum Gasteiger partial charge on any atom is -0.355 e. The van der Waals surface area contributed by atoms with E-state index in [2.05, 4.69) is 36.5 Å². The van der Waals surface area contributed by atoms with E-state index in [1.54, 1.807) is 6.07 Å². The van der Waals surface area contributed by atoms with Gasteiger partial charge in [0.25, 0.3) is 5.91 Å². The lowest BCUT2D eigenvalue weighted by molar-refractivity contribution is 0.0871. The van der Waals surface area contributed by atoms with Crippen molar-refractivity contribution in [1.29, 1.82) is 0 Å². The number of carbonyl (C=O) groups is 1. The molecule has 1 atom stereocenters. The van der Waals surface area contributed by atoms with Crippen molar-refractivity contribution in [2.45, 2.75) is 26.8 Å². The van der Waals surface area contributed by atoms with Crippen molar-refractivity contribution in [3.63, 3.8) is 0 Å². The number of rotatable bonds is 5. The first-order chi connectivity index (χ1) is 14.8. The molecule has 4 aromatic rings. The molecule has 8 heteroatoms. The van der Waals surface area contributed by atoms with Gasteiger partial charge in [-0.3, -0.25) is 4.79 Å². The van der Waals surface area contributed by atoms with E-state index in [1.807, 2.05) is 75.4 Å². The number of carbonyl (C=O) groups excluding carboxylic acids is 1. The van der Waals surface area contributed by atoms with E-state index in [-0.39, 0.29) is 17.0 Å². The van der Waals surface area contributed by atoms with Gasteiger partial charge in [-0.1, -0.05) is 89.5 Å². The summed E-state index contributed by atoms with van der Waals surface area (Å²) in [4.78, 5) is 17.4. The van der Waals surface area contributed by atoms with Crippen LogP contribution in [0.5, 0.6) is 0 Å². The number of hydrogen-bond acceptors (Lipinski definition) is 6. The first-order valence-corrected chi connectivity index (χ1v) is 10.5. The minimum absolute atomic E-state index is 0.176. The quantitative estimate of drug-likeness (QED) is 0.395. The molecule has 0 saturated carbocycles. The Morgan fingerprint density at radius 2 is 1.68 bits per heavy atom. The van der Waals surface area contributed by atoms with Crippen molar-refractivity contribution in [1.82, 2.24) is 20.6 Å². The van der Waals surface area contributed by atoms with Crippen LogP contribution in [0, 0.1) is 5.41 Å². The van der Waals surface area contributed by atoms with Gasteiger partial charge in [0.1, 0.15) is 6.04 Å². The van der Waals surface area contributed by atoms with E-state index < -0.39 is 6.04 Å². The van der Waals surface area contributed by atoms with Crippen LogP contribution in [0.2, 0.25) is 0 Å². The van der Waals surface area contributed by atoms with Gasteiger partial charge in [-0.05, 0) is 17.5 Å². The number of amides is 1. The average Bonchev–Trinajstić information content (AvgIpc) is 3.42. The summed E-state index contributed by atoms with van der Waals surface area (Å²) in [5.41, 5.74) is 1.46. The summed E-state index contributed by atoms with van der Waals surface area (Å²) >= 11 is 3.40. The van der Waals surface area contributed by atoms with Crippen molar-refractivity contribution < 1.29 is 13.8 Å². The van der Waals surface area contributed by atoms with E-state index in [4.69, 9.17) is 9.05 Å². The second-order valence-electron chi connectivity index (χ2n) is 8.18. The van der Waals surface area contributed by atoms with E-state index in [0.717, 1.165) is 15.6 Å². The molecule has 0 aliphatic rings. The van der Waals surface area contributed by atoms with Crippen LogP contribution < -0.4 is 5.32 Å². The fraction of sp³-hybridized carbons (Fsp3) is 0.217. The molecule has 1 amide bonds. The SMILES string of the molecule is CC(C)(C)[C@@H](NC(=O)c1cc(-c2ccc(Br)cc2)on1)c1nc(-c2ccccc2)no1. The molecule has 0 unspecified atom stereocenters. The number of hydrogen-bond donors (Lipinski definition) is 1. The van der Waals surface area contributed by atoms with Crippen molar-refractivity contribution >= 4 is 21.8 Å². The van der Waals surface area contributed by atoms with Crippen LogP contribution >= 0.6 is 15.9 Å². The molecule has 0 aliphatic heterocycles. The lowest BCUT2D eigenvalue weighted by Crippen LogP contribution is -2.37. The summed E-state index contributed by atoms with van der Waals surface area (Å²) in [5, 5.41) is 11.0. The first kappa shape index (κ1) is 21.0. The highest BCUT2D eigenvalue weighted by Crippen LogP contribution is 2.33. The molecule has 2 heterocycles. The molecule has 158 valence electrons. The molecule has 1 N–H and O–H groups in total. The Balaban J connectivity index is 1.56. The maximum absolute atomic E-state index is 12.9. The molecule has 0 bridgehead atoms. The van der Waals surface area contributed by atoms with E-state index >= 15 is 0 Å². The fourth-order valence-electron chi connectivity index (χ4n) is 3.04. The lowest BCUT2D eigenvalue weighted by atomic mass is 9.86. The minimum atomic E-state index is -0.516. The van der Waals surface area contributed by atoms with E-state index in [0.29, 0.717) is 17.5 Å². The number of nitrogens with zero attached hydrogens (tertiary/aromatic N) is 3. The second kappa shape index (κ2) is 8.47. The Labute approximate surface area is 188 Å². The Morgan fingerprint density at radius 1 is 0.968 bits per heavy atom. The molecule has 0 saturated heterocycles. The van der Waals surface area contributed by atoms with Gasteiger partial charge in [0.2, 0.25) is 11.7 Å². The predicted octanol–water partition coefficient (Wildman–Crippen LogP) is 5.67. The van der Waals surface area contributed by atoms with Crippen molar-refractivity contribution in [2.24, 2.45) is 5.41 Å². The third-order valence-electron chi connectivity index (χ3n) is 4.73. The molecule has 0 spiro atoms. The zero-order chi connectivity index (χ0) is 22.0. The van der Waals surface area contributed by atoms with Crippen LogP contribution in [0.4, 0.5) is 0 Å². The smallest absolute Gasteiger partial charge is 0.274 e. The maximum atomic E-state index is 12.9. The van der Waals surface area contributed by atoms with Gasteiger partial charge in [0.05, 0.1) is 0 Å². The molecule has 4 rings (SSSR count). The fourth-order valence-corrected chi connectivity index (χ4v) is 3.31. The normalized spacial score (nSPS) is 12.5. The molecule has 0 radical (unpaired) electrons. The van der Waals surface area contributed by atoms with E-state index in [1.165, 1.54) is 0 Å². The highest BCUT2D eigenvalue weighted by Gasteiger charge is 2.34. The molecular formula is C23H21BrN4O3. The van der Waals surface area contributed by atoms with Crippen LogP contribution in [0.3, 0.4) is 0 Å². The topological polar surface area (TPSA) is 94.1 Å². The monoisotopic (exact) mass is 480 g/mol. The third kappa shape index (κ3) is 4.74. The lowest BCUT2D eigenvalue weighted by Gasteiger charge is -2.27. The van der Waals surface area contributed by atoms with Crippen LogP contribution in [-0.2, 0) is 0 Å². The van der Waals surface area contributed by atoms with Gasteiger partial charge in [-0.2, -0.15) is 4.98 Å². The van der Waals surface area contributed by atoms with Crippen LogP contribution in [0.15, 0.2) is 74.2 Å². The zero-order valence-corrected chi connectivity index (χ0v) is 18.9. The Bertz CT molecular complexity index is 1180. The van der Waals surface area contributed by atoms with Gasteiger partial charge >= 0.3 is 0 Å². The molecule has 7 nitrogen and oxygen atoms in total. The summed E-state index contributed by atoms with van der Waals surface area (Å²) in [6.07, 6.45) is 0. The van der Waals surface area contributed by atoms with Crippen LogP contribution in [0.25, 0.3) is 22.7 Å². The van der Waals surface area contributed by atoms with Crippen molar-refractivity contribution in [3.8, 4) is 22.7 Å². The second-order valence-corrected chi connectivity index (χ2v) is 9.09. The average molecular weight is 481 g/mol. The summed E-state index contributed by atoms with van der Waals surface area (Å²) in [6.45, 7) is 5.96. The largest absolute Gasteiger partial charge is 0.355 e. The number of aromatic nitrogens is 3. The van der Waals surface area contributed by atoms with E-state index in [9.17, 15) is 4.79 Å². The third-order valence-corrected chi connectivity index (χ3v) is 5.26. The Hall–Kier alpha value is -3.26. The molecule has 31 heavy (non-hydrogen) atoms. The first-order valence-electron chi connectivity index (χ1n) is 9.74. The molecule has 0 fully saturated rings.